The molecule has 1 fully saturated rings. The predicted octanol–water partition coefficient (Wildman–Crippen LogP) is 2.59. The molecule has 4 nitrogen and oxygen atoms in total. The van der Waals surface area contributed by atoms with E-state index in [-0.39, 0.29) is 12.0 Å². The van der Waals surface area contributed by atoms with Gasteiger partial charge < -0.3 is 15.4 Å². The molecular formula is C16H20F4N2O2. The Kier molecular flexibility index (Phi) is 5.82. The van der Waals surface area contributed by atoms with Crippen LogP contribution in [0.2, 0.25) is 0 Å². The number of rotatable bonds is 5. The number of piperidine rings is 1. The SMILES string of the molecule is COCC1(CNC(=O)c2cc(C(F)(F)F)ccc2F)CCNCC1. The van der Waals surface area contributed by atoms with Gasteiger partial charge in [0.1, 0.15) is 5.82 Å². The van der Waals surface area contributed by atoms with E-state index in [0.717, 1.165) is 25.9 Å². The minimum absolute atomic E-state index is 0.219. The fourth-order valence-corrected chi connectivity index (χ4v) is 2.87. The maximum Gasteiger partial charge on any atom is 0.416 e. The first kappa shape index (κ1) is 18.7. The maximum atomic E-state index is 13.8. The third kappa shape index (κ3) is 4.45. The molecule has 1 amide bonds. The smallest absolute Gasteiger partial charge is 0.384 e. The van der Waals surface area contributed by atoms with Crippen LogP contribution < -0.4 is 10.6 Å². The number of methoxy groups -OCH3 is 1. The van der Waals surface area contributed by atoms with E-state index >= 15 is 0 Å². The molecule has 0 saturated carbocycles. The van der Waals surface area contributed by atoms with Crippen LogP contribution in [0, 0.1) is 11.2 Å². The van der Waals surface area contributed by atoms with Gasteiger partial charge in [0.2, 0.25) is 0 Å². The van der Waals surface area contributed by atoms with Crippen molar-refractivity contribution in [2.75, 3.05) is 33.4 Å². The molecule has 1 aromatic carbocycles. The second-order valence-electron chi connectivity index (χ2n) is 6.06. The standard InChI is InChI=1S/C16H20F4N2O2/c1-24-10-15(4-6-21-7-5-15)9-22-14(23)12-8-11(16(18,19)20)2-3-13(12)17/h2-3,8,21H,4-7,9-10H2,1H3,(H,22,23). The molecule has 1 aromatic rings. The third-order valence-corrected chi connectivity index (χ3v) is 4.28. The Hall–Kier alpha value is -1.67. The number of amides is 1. The van der Waals surface area contributed by atoms with E-state index in [4.69, 9.17) is 4.74 Å². The maximum absolute atomic E-state index is 13.8. The highest BCUT2D eigenvalue weighted by Crippen LogP contribution is 2.31. The molecule has 24 heavy (non-hydrogen) atoms. The average molecular weight is 348 g/mol. The fourth-order valence-electron chi connectivity index (χ4n) is 2.87. The van der Waals surface area contributed by atoms with E-state index in [1.54, 1.807) is 7.11 Å². The molecule has 0 bridgehead atoms. The van der Waals surface area contributed by atoms with Crippen molar-refractivity contribution in [1.82, 2.24) is 10.6 Å². The van der Waals surface area contributed by atoms with Crippen LogP contribution in [0.4, 0.5) is 17.6 Å². The van der Waals surface area contributed by atoms with E-state index < -0.39 is 29.0 Å². The highest BCUT2D eigenvalue weighted by atomic mass is 19.4. The van der Waals surface area contributed by atoms with Gasteiger partial charge in [0.15, 0.2) is 0 Å². The van der Waals surface area contributed by atoms with E-state index in [9.17, 15) is 22.4 Å². The Morgan fingerprint density at radius 1 is 1.33 bits per heavy atom. The highest BCUT2D eigenvalue weighted by molar-refractivity contribution is 5.94. The summed E-state index contributed by atoms with van der Waals surface area (Å²) in [4.78, 5) is 12.2. The molecule has 0 aromatic heterocycles. The molecule has 134 valence electrons. The first-order valence-electron chi connectivity index (χ1n) is 7.62. The van der Waals surface area contributed by atoms with E-state index in [1.165, 1.54) is 0 Å². The Labute approximate surface area is 137 Å². The summed E-state index contributed by atoms with van der Waals surface area (Å²) in [7, 11) is 1.55. The monoisotopic (exact) mass is 348 g/mol. The number of nitrogens with one attached hydrogen (secondary N) is 2. The average Bonchev–Trinajstić information content (AvgIpc) is 2.53. The van der Waals surface area contributed by atoms with Crippen molar-refractivity contribution in [1.29, 1.82) is 0 Å². The first-order valence-corrected chi connectivity index (χ1v) is 7.62. The number of benzene rings is 1. The Bertz CT molecular complexity index is 578. The summed E-state index contributed by atoms with van der Waals surface area (Å²) in [5.41, 5.74) is -1.96. The minimum atomic E-state index is -4.63. The van der Waals surface area contributed by atoms with Crippen LogP contribution >= 0.6 is 0 Å². The largest absolute Gasteiger partial charge is 0.416 e. The van der Waals surface area contributed by atoms with Crippen LogP contribution in [0.15, 0.2) is 18.2 Å². The summed E-state index contributed by atoms with van der Waals surface area (Å²) < 4.78 is 57.1. The Balaban J connectivity index is 2.11. The summed E-state index contributed by atoms with van der Waals surface area (Å²) in [6.07, 6.45) is -3.12. The number of hydrogen-bond acceptors (Lipinski definition) is 3. The molecule has 1 aliphatic heterocycles. The quantitative estimate of drug-likeness (QED) is 0.805. The van der Waals surface area contributed by atoms with Crippen LogP contribution in [0.1, 0.15) is 28.8 Å². The van der Waals surface area contributed by atoms with Gasteiger partial charge in [0.05, 0.1) is 17.7 Å². The normalized spacial score (nSPS) is 17.5. The summed E-state index contributed by atoms with van der Waals surface area (Å²) >= 11 is 0. The third-order valence-electron chi connectivity index (χ3n) is 4.28. The lowest BCUT2D eigenvalue weighted by Crippen LogP contribution is -2.47. The first-order chi connectivity index (χ1) is 11.3. The lowest BCUT2D eigenvalue weighted by atomic mass is 9.79. The summed E-state index contributed by atoms with van der Waals surface area (Å²) in [5, 5.41) is 5.76. The van der Waals surface area contributed by atoms with Gasteiger partial charge in [-0.2, -0.15) is 13.2 Å². The zero-order chi connectivity index (χ0) is 17.8. The molecule has 0 unspecified atom stereocenters. The van der Waals surface area contributed by atoms with E-state index in [2.05, 4.69) is 10.6 Å². The molecule has 1 heterocycles. The van der Waals surface area contributed by atoms with E-state index in [0.29, 0.717) is 24.8 Å². The van der Waals surface area contributed by atoms with Gasteiger partial charge in [-0.05, 0) is 44.1 Å². The Morgan fingerprint density at radius 2 is 2.00 bits per heavy atom. The van der Waals surface area contributed by atoms with Gasteiger partial charge in [0.25, 0.3) is 5.91 Å². The zero-order valence-electron chi connectivity index (χ0n) is 13.3. The number of hydrogen-bond donors (Lipinski definition) is 2. The van der Waals surface area contributed by atoms with Gasteiger partial charge in [-0.25, -0.2) is 4.39 Å². The number of carbonyl (C=O) groups is 1. The van der Waals surface area contributed by atoms with Crippen LogP contribution in [0.5, 0.6) is 0 Å². The number of halogens is 4. The summed E-state index contributed by atoms with van der Waals surface area (Å²) in [6.45, 7) is 2.16. The summed E-state index contributed by atoms with van der Waals surface area (Å²) in [5.74, 6) is -1.83. The van der Waals surface area contributed by atoms with Gasteiger partial charge >= 0.3 is 6.18 Å². The van der Waals surface area contributed by atoms with Crippen molar-refractivity contribution in [3.8, 4) is 0 Å². The second kappa shape index (κ2) is 7.48. The van der Waals surface area contributed by atoms with Crippen molar-refractivity contribution in [3.63, 3.8) is 0 Å². The molecule has 2 rings (SSSR count). The van der Waals surface area contributed by atoms with E-state index in [1.807, 2.05) is 0 Å². The lowest BCUT2D eigenvalue weighted by molar-refractivity contribution is -0.137. The van der Waals surface area contributed by atoms with Crippen LogP contribution in [0.25, 0.3) is 0 Å². The van der Waals surface area contributed by atoms with Crippen molar-refractivity contribution in [2.45, 2.75) is 19.0 Å². The van der Waals surface area contributed by atoms with Crippen LogP contribution in [-0.4, -0.2) is 39.3 Å². The van der Waals surface area contributed by atoms with Crippen molar-refractivity contribution in [2.24, 2.45) is 5.41 Å². The molecule has 0 aliphatic carbocycles. The molecule has 1 aliphatic rings. The summed E-state index contributed by atoms with van der Waals surface area (Å²) in [6, 6.07) is 1.81. The number of carbonyl (C=O) groups excluding carboxylic acids is 1. The van der Waals surface area contributed by atoms with Crippen LogP contribution in [-0.2, 0) is 10.9 Å². The van der Waals surface area contributed by atoms with Crippen molar-refractivity contribution >= 4 is 5.91 Å². The molecule has 8 heteroatoms. The highest BCUT2D eigenvalue weighted by Gasteiger charge is 2.34. The number of ether oxygens (including phenoxy) is 1. The second-order valence-corrected chi connectivity index (χ2v) is 6.06. The molecule has 0 spiro atoms. The molecule has 0 radical (unpaired) electrons. The minimum Gasteiger partial charge on any atom is -0.384 e. The Morgan fingerprint density at radius 3 is 2.58 bits per heavy atom. The van der Waals surface area contributed by atoms with Gasteiger partial charge in [-0.3, -0.25) is 4.79 Å². The van der Waals surface area contributed by atoms with Gasteiger partial charge in [-0.1, -0.05) is 0 Å². The van der Waals surface area contributed by atoms with Gasteiger partial charge in [0, 0.05) is 19.1 Å². The van der Waals surface area contributed by atoms with Crippen LogP contribution in [0.3, 0.4) is 0 Å². The number of alkyl halides is 3. The van der Waals surface area contributed by atoms with Crippen molar-refractivity contribution < 1.29 is 27.1 Å². The molecule has 2 N–H and O–H groups in total. The molecule has 1 saturated heterocycles. The molecular weight excluding hydrogens is 328 g/mol. The lowest BCUT2D eigenvalue weighted by Gasteiger charge is -2.37. The predicted molar refractivity (Wildman–Crippen MR) is 80.1 cm³/mol. The topological polar surface area (TPSA) is 50.4 Å². The zero-order valence-corrected chi connectivity index (χ0v) is 13.3. The van der Waals surface area contributed by atoms with Gasteiger partial charge in [-0.15, -0.1) is 0 Å². The fraction of sp³-hybridized carbons (Fsp3) is 0.562. The van der Waals surface area contributed by atoms with Crippen molar-refractivity contribution in [3.05, 3.63) is 35.1 Å². The molecule has 0 atom stereocenters.